The van der Waals surface area contributed by atoms with E-state index in [9.17, 15) is 14.0 Å². The fourth-order valence-corrected chi connectivity index (χ4v) is 2.15. The van der Waals surface area contributed by atoms with Gasteiger partial charge in [0.1, 0.15) is 11.5 Å². The first-order chi connectivity index (χ1) is 12.1. The topological polar surface area (TPSA) is 71.1 Å². The van der Waals surface area contributed by atoms with Gasteiger partial charge >= 0.3 is 0 Å². The van der Waals surface area contributed by atoms with E-state index < -0.39 is 11.8 Å². The lowest BCUT2D eigenvalue weighted by atomic mass is 10.2. The summed E-state index contributed by atoms with van der Waals surface area (Å²) in [6.07, 6.45) is 1.39. The summed E-state index contributed by atoms with van der Waals surface area (Å²) >= 11 is 0. The molecule has 0 atom stereocenters. The molecule has 2 aromatic carbocycles. The summed E-state index contributed by atoms with van der Waals surface area (Å²) in [6, 6.07) is 17.3. The Morgan fingerprint density at radius 1 is 0.800 bits per heavy atom. The zero-order chi connectivity index (χ0) is 17.6. The molecule has 0 saturated heterocycles. The van der Waals surface area contributed by atoms with Crippen LogP contribution in [0.4, 0.5) is 15.8 Å². The lowest BCUT2D eigenvalue weighted by Crippen LogP contribution is -2.17. The van der Waals surface area contributed by atoms with E-state index in [1.807, 2.05) is 6.07 Å². The minimum Gasteiger partial charge on any atom is -0.322 e. The van der Waals surface area contributed by atoms with E-state index in [-0.39, 0.29) is 17.1 Å². The molecule has 5 nitrogen and oxygen atoms in total. The molecular weight excluding hydrogens is 321 g/mol. The quantitative estimate of drug-likeness (QED) is 0.763. The second-order valence-corrected chi connectivity index (χ2v) is 5.21. The highest BCUT2D eigenvalue weighted by atomic mass is 19.1. The van der Waals surface area contributed by atoms with Crippen LogP contribution in [-0.4, -0.2) is 16.8 Å². The van der Waals surface area contributed by atoms with Crippen LogP contribution in [0.3, 0.4) is 0 Å². The molecular formula is C19H14FN3O2. The molecule has 25 heavy (non-hydrogen) atoms. The van der Waals surface area contributed by atoms with Crippen LogP contribution in [0.5, 0.6) is 0 Å². The highest BCUT2D eigenvalue weighted by Crippen LogP contribution is 2.12. The predicted molar refractivity (Wildman–Crippen MR) is 93.0 cm³/mol. The monoisotopic (exact) mass is 335 g/mol. The molecule has 1 aromatic heterocycles. The summed E-state index contributed by atoms with van der Waals surface area (Å²) in [5.74, 6) is -1.22. The molecule has 2 N–H and O–H groups in total. The predicted octanol–water partition coefficient (Wildman–Crippen LogP) is 3.73. The van der Waals surface area contributed by atoms with Gasteiger partial charge in [0, 0.05) is 23.1 Å². The lowest BCUT2D eigenvalue weighted by Gasteiger charge is -2.07. The molecule has 3 rings (SSSR count). The molecule has 0 fully saturated rings. The van der Waals surface area contributed by atoms with Gasteiger partial charge in [-0.1, -0.05) is 18.2 Å². The van der Waals surface area contributed by atoms with Crippen molar-refractivity contribution in [1.29, 1.82) is 0 Å². The number of amides is 2. The number of nitrogens with one attached hydrogen (secondary N) is 2. The molecule has 6 heteroatoms. The zero-order valence-electron chi connectivity index (χ0n) is 13.1. The highest BCUT2D eigenvalue weighted by molar-refractivity contribution is 6.07. The summed E-state index contributed by atoms with van der Waals surface area (Å²) in [4.78, 5) is 28.5. The number of hydrogen-bond acceptors (Lipinski definition) is 3. The molecule has 0 spiro atoms. The summed E-state index contributed by atoms with van der Waals surface area (Å²) < 4.78 is 12.9. The largest absolute Gasteiger partial charge is 0.322 e. The molecule has 0 aliphatic heterocycles. The SMILES string of the molecule is O=C(Nc1ccc(F)cc1)c1ccnc(C(=O)Nc2ccccc2)c1. The number of carbonyl (C=O) groups is 2. The number of para-hydroxylation sites is 1. The number of rotatable bonds is 4. The van der Waals surface area contributed by atoms with Gasteiger partial charge in [-0.3, -0.25) is 14.6 Å². The fourth-order valence-electron chi connectivity index (χ4n) is 2.15. The maximum absolute atomic E-state index is 12.9. The van der Waals surface area contributed by atoms with Crippen molar-refractivity contribution in [1.82, 2.24) is 4.98 Å². The van der Waals surface area contributed by atoms with Crippen LogP contribution in [0.2, 0.25) is 0 Å². The van der Waals surface area contributed by atoms with Gasteiger partial charge in [-0.15, -0.1) is 0 Å². The van der Waals surface area contributed by atoms with Gasteiger partial charge in [-0.25, -0.2) is 4.39 Å². The molecule has 0 bridgehead atoms. The van der Waals surface area contributed by atoms with Gasteiger partial charge in [-0.2, -0.15) is 0 Å². The van der Waals surface area contributed by atoms with Crippen molar-refractivity contribution in [3.8, 4) is 0 Å². The van der Waals surface area contributed by atoms with Crippen LogP contribution in [-0.2, 0) is 0 Å². The van der Waals surface area contributed by atoms with E-state index in [0.29, 0.717) is 11.4 Å². The van der Waals surface area contributed by atoms with E-state index in [1.165, 1.54) is 42.6 Å². The van der Waals surface area contributed by atoms with Crippen molar-refractivity contribution in [2.45, 2.75) is 0 Å². The maximum atomic E-state index is 12.9. The van der Waals surface area contributed by atoms with E-state index >= 15 is 0 Å². The molecule has 0 aliphatic rings. The standard InChI is InChI=1S/C19H14FN3O2/c20-14-6-8-16(9-7-14)22-18(24)13-10-11-21-17(12-13)19(25)23-15-4-2-1-3-5-15/h1-12H,(H,22,24)(H,23,25). The summed E-state index contributed by atoms with van der Waals surface area (Å²) in [5.41, 5.74) is 1.49. The van der Waals surface area contributed by atoms with Crippen molar-refractivity contribution in [3.05, 3.63) is 90.0 Å². The Morgan fingerprint density at radius 2 is 1.44 bits per heavy atom. The van der Waals surface area contributed by atoms with E-state index in [0.717, 1.165) is 0 Å². The smallest absolute Gasteiger partial charge is 0.274 e. The molecule has 0 aliphatic carbocycles. The molecule has 3 aromatic rings. The van der Waals surface area contributed by atoms with Crippen LogP contribution in [0.1, 0.15) is 20.8 Å². The molecule has 2 amide bonds. The van der Waals surface area contributed by atoms with Crippen molar-refractivity contribution >= 4 is 23.2 Å². The Labute approximate surface area is 143 Å². The third kappa shape index (κ3) is 4.26. The second-order valence-electron chi connectivity index (χ2n) is 5.21. The second kappa shape index (κ2) is 7.35. The highest BCUT2D eigenvalue weighted by Gasteiger charge is 2.12. The number of anilines is 2. The minimum atomic E-state index is -0.414. The van der Waals surface area contributed by atoms with Crippen LogP contribution in [0.15, 0.2) is 72.9 Å². The van der Waals surface area contributed by atoms with E-state index in [1.54, 1.807) is 24.3 Å². The number of aromatic nitrogens is 1. The molecule has 1 heterocycles. The van der Waals surface area contributed by atoms with E-state index in [2.05, 4.69) is 15.6 Å². The van der Waals surface area contributed by atoms with E-state index in [4.69, 9.17) is 0 Å². The van der Waals surface area contributed by atoms with Crippen molar-refractivity contribution in [3.63, 3.8) is 0 Å². The average Bonchev–Trinajstić information content (AvgIpc) is 2.64. The fraction of sp³-hybridized carbons (Fsp3) is 0. The van der Waals surface area contributed by atoms with Crippen molar-refractivity contribution in [2.75, 3.05) is 10.6 Å². The first kappa shape index (κ1) is 16.3. The Morgan fingerprint density at radius 3 is 2.16 bits per heavy atom. The molecule has 0 saturated carbocycles. The third-order valence-electron chi connectivity index (χ3n) is 3.39. The maximum Gasteiger partial charge on any atom is 0.274 e. The van der Waals surface area contributed by atoms with Gasteiger partial charge < -0.3 is 10.6 Å². The van der Waals surface area contributed by atoms with Gasteiger partial charge in [0.05, 0.1) is 0 Å². The molecule has 0 unspecified atom stereocenters. The van der Waals surface area contributed by atoms with Crippen LogP contribution in [0.25, 0.3) is 0 Å². The Kier molecular flexibility index (Phi) is 4.80. The molecule has 0 radical (unpaired) electrons. The zero-order valence-corrected chi connectivity index (χ0v) is 13.1. The number of nitrogens with zero attached hydrogens (tertiary/aromatic N) is 1. The van der Waals surface area contributed by atoms with Gasteiger partial charge in [0.15, 0.2) is 0 Å². The van der Waals surface area contributed by atoms with Gasteiger partial charge in [0.25, 0.3) is 11.8 Å². The third-order valence-corrected chi connectivity index (χ3v) is 3.39. The van der Waals surface area contributed by atoms with Crippen LogP contribution < -0.4 is 10.6 Å². The Hall–Kier alpha value is -3.54. The Bertz CT molecular complexity index is 896. The number of pyridine rings is 1. The number of halogens is 1. The first-order valence-electron chi connectivity index (χ1n) is 7.51. The lowest BCUT2D eigenvalue weighted by molar-refractivity contribution is 0.102. The van der Waals surface area contributed by atoms with Crippen molar-refractivity contribution in [2.24, 2.45) is 0 Å². The summed E-state index contributed by atoms with van der Waals surface area (Å²) in [6.45, 7) is 0. The first-order valence-corrected chi connectivity index (χ1v) is 7.51. The molecule has 124 valence electrons. The van der Waals surface area contributed by atoms with Crippen LogP contribution in [0, 0.1) is 5.82 Å². The minimum absolute atomic E-state index is 0.121. The van der Waals surface area contributed by atoms with Gasteiger partial charge in [0.2, 0.25) is 0 Å². The summed E-state index contributed by atoms with van der Waals surface area (Å²) in [5, 5.41) is 5.34. The summed E-state index contributed by atoms with van der Waals surface area (Å²) in [7, 11) is 0. The Balaban J connectivity index is 1.73. The number of carbonyl (C=O) groups excluding carboxylic acids is 2. The number of benzene rings is 2. The average molecular weight is 335 g/mol. The van der Waals surface area contributed by atoms with Crippen LogP contribution >= 0.6 is 0 Å². The van der Waals surface area contributed by atoms with Gasteiger partial charge in [-0.05, 0) is 48.5 Å². The number of hydrogen-bond donors (Lipinski definition) is 2. The normalized spacial score (nSPS) is 10.1. The van der Waals surface area contributed by atoms with Crippen molar-refractivity contribution < 1.29 is 14.0 Å².